The molecule has 1 fully saturated rings. The number of hydrogen-bond donors (Lipinski definition) is 3. The highest BCUT2D eigenvalue weighted by Crippen LogP contribution is 2.26. The zero-order chi connectivity index (χ0) is 15.2. The fourth-order valence-corrected chi connectivity index (χ4v) is 3.05. The van der Waals surface area contributed by atoms with Gasteiger partial charge in [-0.3, -0.25) is 4.90 Å². The molecule has 2 rings (SSSR count). The van der Waals surface area contributed by atoms with Crippen molar-refractivity contribution in [3.8, 4) is 0 Å². The van der Waals surface area contributed by atoms with Crippen molar-refractivity contribution in [2.24, 2.45) is 0 Å². The first-order valence-corrected chi connectivity index (χ1v) is 8.06. The summed E-state index contributed by atoms with van der Waals surface area (Å²) >= 11 is 6.31. The third-order valence-corrected chi connectivity index (χ3v) is 4.33. The molecule has 0 saturated carbocycles. The molecule has 0 aromatic heterocycles. The number of hydrogen-bond acceptors (Lipinski definition) is 4. The van der Waals surface area contributed by atoms with Gasteiger partial charge >= 0.3 is 0 Å². The smallest absolute Gasteiger partial charge is 0.0938 e. The summed E-state index contributed by atoms with van der Waals surface area (Å²) in [6.45, 7) is 5.01. The fourth-order valence-electron chi connectivity index (χ4n) is 2.79. The van der Waals surface area contributed by atoms with Gasteiger partial charge in [-0.05, 0) is 31.0 Å². The Morgan fingerprint density at radius 1 is 1.29 bits per heavy atom. The lowest BCUT2D eigenvalue weighted by atomic mass is 10.0. The Labute approximate surface area is 131 Å². The molecular formula is C16H25ClN2O2. The van der Waals surface area contributed by atoms with Crippen molar-refractivity contribution in [1.82, 2.24) is 10.2 Å². The average molecular weight is 313 g/mol. The number of aliphatic hydroxyl groups excluding tert-OH is 2. The van der Waals surface area contributed by atoms with Gasteiger partial charge in [-0.2, -0.15) is 0 Å². The predicted octanol–water partition coefficient (Wildman–Crippen LogP) is 1.81. The Kier molecular flexibility index (Phi) is 6.45. The number of benzene rings is 1. The maximum atomic E-state index is 9.61. The standard InChI is InChI=1S/C16H25ClN2O2/c1-2-8-18-14(12-5-3-4-6-13(12)17)7-9-19-10-15(20)16(21)11-19/h3-6,14-16,18,20-21H,2,7-11H2,1H3. The van der Waals surface area contributed by atoms with Gasteiger partial charge < -0.3 is 15.5 Å². The summed E-state index contributed by atoms with van der Waals surface area (Å²) < 4.78 is 0. The van der Waals surface area contributed by atoms with Gasteiger partial charge in [-0.15, -0.1) is 0 Å². The monoisotopic (exact) mass is 312 g/mol. The molecule has 0 spiro atoms. The number of aliphatic hydroxyl groups is 2. The van der Waals surface area contributed by atoms with Crippen LogP contribution in [0, 0.1) is 0 Å². The lowest BCUT2D eigenvalue weighted by Crippen LogP contribution is -2.29. The van der Waals surface area contributed by atoms with Gasteiger partial charge in [0, 0.05) is 30.7 Å². The van der Waals surface area contributed by atoms with Crippen molar-refractivity contribution >= 4 is 11.6 Å². The summed E-state index contributed by atoms with van der Waals surface area (Å²) in [5, 5.41) is 23.5. The highest BCUT2D eigenvalue weighted by molar-refractivity contribution is 6.31. The lowest BCUT2D eigenvalue weighted by Gasteiger charge is -2.23. The number of halogens is 1. The van der Waals surface area contributed by atoms with Crippen LogP contribution in [0.25, 0.3) is 0 Å². The van der Waals surface area contributed by atoms with E-state index in [9.17, 15) is 10.2 Å². The van der Waals surface area contributed by atoms with Crippen LogP contribution in [-0.4, -0.2) is 53.5 Å². The number of β-amino-alcohol motifs (C(OH)–C–C–N with tert-alkyl or cyclic N) is 2. The summed E-state index contributed by atoms with van der Waals surface area (Å²) in [4.78, 5) is 2.10. The highest BCUT2D eigenvalue weighted by atomic mass is 35.5. The van der Waals surface area contributed by atoms with Gasteiger partial charge in [0.1, 0.15) is 0 Å². The van der Waals surface area contributed by atoms with Crippen LogP contribution >= 0.6 is 11.6 Å². The van der Waals surface area contributed by atoms with Crippen LogP contribution in [-0.2, 0) is 0 Å². The van der Waals surface area contributed by atoms with E-state index < -0.39 is 12.2 Å². The van der Waals surface area contributed by atoms with Gasteiger partial charge in [0.25, 0.3) is 0 Å². The SMILES string of the molecule is CCCNC(CCN1CC(O)C(O)C1)c1ccccc1Cl. The molecule has 3 atom stereocenters. The molecule has 1 aliphatic heterocycles. The topological polar surface area (TPSA) is 55.7 Å². The number of likely N-dealkylation sites (tertiary alicyclic amines) is 1. The predicted molar refractivity (Wildman–Crippen MR) is 85.6 cm³/mol. The molecule has 1 saturated heterocycles. The van der Waals surface area contributed by atoms with E-state index in [-0.39, 0.29) is 6.04 Å². The molecule has 0 bridgehead atoms. The van der Waals surface area contributed by atoms with E-state index in [1.807, 2.05) is 18.2 Å². The second kappa shape index (κ2) is 8.11. The number of rotatable bonds is 7. The molecule has 1 aromatic carbocycles. The molecule has 3 N–H and O–H groups in total. The third kappa shape index (κ3) is 4.66. The summed E-state index contributed by atoms with van der Waals surface area (Å²) in [6, 6.07) is 8.12. The van der Waals surface area contributed by atoms with E-state index in [1.165, 1.54) is 0 Å². The van der Waals surface area contributed by atoms with Crippen LogP contribution in [0.1, 0.15) is 31.4 Å². The second-order valence-electron chi connectivity index (χ2n) is 5.71. The summed E-state index contributed by atoms with van der Waals surface area (Å²) in [5.41, 5.74) is 1.12. The third-order valence-electron chi connectivity index (χ3n) is 3.99. The molecule has 118 valence electrons. The highest BCUT2D eigenvalue weighted by Gasteiger charge is 2.29. The fraction of sp³-hybridized carbons (Fsp3) is 0.625. The molecule has 0 aliphatic carbocycles. The van der Waals surface area contributed by atoms with Gasteiger partial charge in [-0.25, -0.2) is 0 Å². The molecule has 4 nitrogen and oxygen atoms in total. The van der Waals surface area contributed by atoms with Gasteiger partial charge in [0.05, 0.1) is 12.2 Å². The first-order chi connectivity index (χ1) is 10.1. The number of nitrogens with zero attached hydrogens (tertiary/aromatic N) is 1. The molecule has 5 heteroatoms. The van der Waals surface area contributed by atoms with Gasteiger partial charge in [0.15, 0.2) is 0 Å². The van der Waals surface area contributed by atoms with Crippen LogP contribution in [0.5, 0.6) is 0 Å². The molecule has 1 aliphatic rings. The summed E-state index contributed by atoms with van der Waals surface area (Å²) in [6.07, 6.45) is 0.741. The van der Waals surface area contributed by atoms with E-state index in [1.54, 1.807) is 0 Å². The molecule has 0 amide bonds. The summed E-state index contributed by atoms with van der Waals surface area (Å²) in [7, 11) is 0. The average Bonchev–Trinajstić information content (AvgIpc) is 2.79. The second-order valence-corrected chi connectivity index (χ2v) is 6.12. The minimum atomic E-state index is -0.618. The van der Waals surface area contributed by atoms with E-state index in [0.717, 1.165) is 36.5 Å². The molecule has 21 heavy (non-hydrogen) atoms. The number of nitrogens with one attached hydrogen (secondary N) is 1. The molecule has 1 aromatic rings. The maximum Gasteiger partial charge on any atom is 0.0938 e. The van der Waals surface area contributed by atoms with Crippen molar-refractivity contribution in [1.29, 1.82) is 0 Å². The zero-order valence-corrected chi connectivity index (χ0v) is 13.3. The van der Waals surface area contributed by atoms with Crippen molar-refractivity contribution in [2.45, 2.75) is 38.0 Å². The van der Waals surface area contributed by atoms with Crippen molar-refractivity contribution in [3.05, 3.63) is 34.9 Å². The summed E-state index contributed by atoms with van der Waals surface area (Å²) in [5.74, 6) is 0. The van der Waals surface area contributed by atoms with Crippen LogP contribution in [0.2, 0.25) is 5.02 Å². The van der Waals surface area contributed by atoms with Crippen molar-refractivity contribution < 1.29 is 10.2 Å². The van der Waals surface area contributed by atoms with E-state index >= 15 is 0 Å². The first-order valence-electron chi connectivity index (χ1n) is 7.68. The molecule has 1 heterocycles. The Morgan fingerprint density at radius 2 is 1.95 bits per heavy atom. The van der Waals surface area contributed by atoms with Crippen LogP contribution in [0.3, 0.4) is 0 Å². The Morgan fingerprint density at radius 3 is 2.57 bits per heavy atom. The molecule has 3 unspecified atom stereocenters. The van der Waals surface area contributed by atoms with E-state index in [4.69, 9.17) is 11.6 Å². The van der Waals surface area contributed by atoms with Gasteiger partial charge in [0.2, 0.25) is 0 Å². The van der Waals surface area contributed by atoms with Crippen LogP contribution < -0.4 is 5.32 Å². The Bertz CT molecular complexity index is 434. The molecular weight excluding hydrogens is 288 g/mol. The van der Waals surface area contributed by atoms with E-state index in [0.29, 0.717) is 13.1 Å². The Balaban J connectivity index is 1.95. The molecule has 0 radical (unpaired) electrons. The van der Waals surface area contributed by atoms with Crippen molar-refractivity contribution in [2.75, 3.05) is 26.2 Å². The Hall–Kier alpha value is -0.650. The lowest BCUT2D eigenvalue weighted by molar-refractivity contribution is 0.0572. The van der Waals surface area contributed by atoms with Crippen LogP contribution in [0.4, 0.5) is 0 Å². The van der Waals surface area contributed by atoms with Crippen molar-refractivity contribution in [3.63, 3.8) is 0 Å². The quantitative estimate of drug-likeness (QED) is 0.719. The minimum absolute atomic E-state index is 0.202. The van der Waals surface area contributed by atoms with E-state index in [2.05, 4.69) is 23.2 Å². The van der Waals surface area contributed by atoms with Crippen LogP contribution in [0.15, 0.2) is 24.3 Å². The maximum absolute atomic E-state index is 9.61. The minimum Gasteiger partial charge on any atom is -0.389 e. The first kappa shape index (κ1) is 16.7. The zero-order valence-electron chi connectivity index (χ0n) is 12.5. The van der Waals surface area contributed by atoms with Gasteiger partial charge in [-0.1, -0.05) is 36.7 Å². The largest absolute Gasteiger partial charge is 0.389 e. The normalized spacial score (nSPS) is 24.4.